The minimum Gasteiger partial charge on any atom is -0.481 e. The highest BCUT2D eigenvalue weighted by molar-refractivity contribution is 6.88. The number of amides is 2. The van der Waals surface area contributed by atoms with E-state index in [1.807, 2.05) is 19.6 Å². The number of aliphatic carboxylic acids is 1. The summed E-state index contributed by atoms with van der Waals surface area (Å²) in [6.07, 6.45) is 0.712. The second-order valence-corrected chi connectivity index (χ2v) is 15.3. The number of carbonyl (C=O) groups excluding carboxylic acids is 2. The molecule has 1 aromatic heterocycles. The van der Waals surface area contributed by atoms with Crippen molar-refractivity contribution in [1.82, 2.24) is 9.88 Å². The normalized spacial score (nSPS) is 20.9. The number of anilines is 1. The summed E-state index contributed by atoms with van der Waals surface area (Å²) >= 11 is 0. The first kappa shape index (κ1) is 25.7. The van der Waals surface area contributed by atoms with E-state index in [1.54, 1.807) is 12.1 Å². The number of nitrogens with zero attached hydrogens (tertiary/aromatic N) is 2. The van der Waals surface area contributed by atoms with Gasteiger partial charge in [-0.1, -0.05) is 19.6 Å². The lowest BCUT2D eigenvalue weighted by atomic mass is 9.95. The van der Waals surface area contributed by atoms with Crippen LogP contribution in [0.25, 0.3) is 0 Å². The van der Waals surface area contributed by atoms with Crippen molar-refractivity contribution in [3.63, 3.8) is 0 Å². The zero-order chi connectivity index (χ0) is 26.4. The molecular formula is C25H29F2N3O5Si. The molecule has 11 heteroatoms. The summed E-state index contributed by atoms with van der Waals surface area (Å²) in [6.45, 7) is 5.67. The number of halogens is 2. The molecule has 4 rings (SSSR count). The molecule has 0 radical (unpaired) electrons. The van der Waals surface area contributed by atoms with Crippen LogP contribution in [0.1, 0.15) is 30.1 Å². The molecule has 1 aliphatic heterocycles. The van der Waals surface area contributed by atoms with E-state index in [0.717, 1.165) is 12.1 Å². The summed E-state index contributed by atoms with van der Waals surface area (Å²) < 4.78 is 34.8. The first-order chi connectivity index (χ1) is 16.9. The zero-order valence-electron chi connectivity index (χ0n) is 20.6. The highest BCUT2D eigenvalue weighted by Crippen LogP contribution is 2.45. The van der Waals surface area contributed by atoms with E-state index in [0.29, 0.717) is 30.0 Å². The molecule has 1 aromatic carbocycles. The van der Waals surface area contributed by atoms with E-state index >= 15 is 0 Å². The van der Waals surface area contributed by atoms with Crippen molar-refractivity contribution in [3.8, 4) is 5.88 Å². The quantitative estimate of drug-likeness (QED) is 0.547. The van der Waals surface area contributed by atoms with E-state index in [4.69, 9.17) is 9.84 Å². The lowest BCUT2D eigenvalue weighted by Gasteiger charge is -2.36. The number of hydrogen-bond donors (Lipinski definition) is 2. The topological polar surface area (TPSA) is 109 Å². The Hall–Kier alpha value is -3.34. The molecule has 36 heavy (non-hydrogen) atoms. The maximum Gasteiger partial charge on any atom is 0.303 e. The van der Waals surface area contributed by atoms with Crippen LogP contribution < -0.4 is 15.2 Å². The second kappa shape index (κ2) is 9.60. The number of pyridine rings is 1. The maximum atomic E-state index is 14.8. The zero-order valence-corrected chi connectivity index (χ0v) is 21.6. The molecule has 0 saturated heterocycles. The number of benzene rings is 1. The monoisotopic (exact) mass is 517 g/mol. The molecule has 192 valence electrons. The fraction of sp³-hybridized carbons (Fsp3) is 0.440. The number of nitrogens with one attached hydrogen (secondary N) is 1. The minimum absolute atomic E-state index is 0.0480. The molecule has 1 aliphatic carbocycles. The van der Waals surface area contributed by atoms with Gasteiger partial charge in [-0.25, -0.2) is 13.8 Å². The van der Waals surface area contributed by atoms with Crippen molar-refractivity contribution < 1.29 is 33.0 Å². The predicted molar refractivity (Wildman–Crippen MR) is 131 cm³/mol. The molecule has 2 amide bonds. The SMILES string of the molecule is COc1ccc2c(n1)CCN(C(=O)C1CC1CC(=O)O)[C@H]2C(=O)Nc1cc(F)c([Si](C)(C)C)c(F)c1. The number of carboxylic acid groups (broad SMARTS) is 1. The first-order valence-corrected chi connectivity index (χ1v) is 15.3. The number of ether oxygens (including phenoxy) is 1. The van der Waals surface area contributed by atoms with Crippen LogP contribution in [0.3, 0.4) is 0 Å². The Balaban J connectivity index is 1.65. The van der Waals surface area contributed by atoms with Crippen molar-refractivity contribution >= 4 is 36.7 Å². The molecular weight excluding hydrogens is 488 g/mol. The van der Waals surface area contributed by atoms with Crippen LogP contribution >= 0.6 is 0 Å². The Morgan fingerprint density at radius 2 is 1.86 bits per heavy atom. The molecule has 2 unspecified atom stereocenters. The summed E-state index contributed by atoms with van der Waals surface area (Å²) in [6, 6.07) is 4.34. The largest absolute Gasteiger partial charge is 0.481 e. The Morgan fingerprint density at radius 1 is 1.19 bits per heavy atom. The van der Waals surface area contributed by atoms with Gasteiger partial charge in [-0.2, -0.15) is 0 Å². The molecule has 0 spiro atoms. The fourth-order valence-corrected chi connectivity index (χ4v) is 6.46. The Morgan fingerprint density at radius 3 is 2.44 bits per heavy atom. The lowest BCUT2D eigenvalue weighted by molar-refractivity contribution is -0.141. The summed E-state index contributed by atoms with van der Waals surface area (Å²) in [4.78, 5) is 43.7. The summed E-state index contributed by atoms with van der Waals surface area (Å²) in [5.41, 5.74) is 1.03. The van der Waals surface area contributed by atoms with Crippen molar-refractivity contribution in [2.75, 3.05) is 19.0 Å². The van der Waals surface area contributed by atoms with Crippen LogP contribution in [0.2, 0.25) is 19.6 Å². The Labute approximate surface area is 208 Å². The van der Waals surface area contributed by atoms with Crippen molar-refractivity contribution in [2.24, 2.45) is 11.8 Å². The first-order valence-electron chi connectivity index (χ1n) is 11.8. The van der Waals surface area contributed by atoms with Gasteiger partial charge in [0.1, 0.15) is 17.7 Å². The highest BCUT2D eigenvalue weighted by atomic mass is 28.3. The summed E-state index contributed by atoms with van der Waals surface area (Å²) in [5, 5.41) is 11.7. The average Bonchev–Trinajstić information content (AvgIpc) is 3.54. The van der Waals surface area contributed by atoms with E-state index in [9.17, 15) is 23.2 Å². The van der Waals surface area contributed by atoms with Crippen LogP contribution in [0, 0.1) is 23.5 Å². The van der Waals surface area contributed by atoms with Crippen LogP contribution in [-0.2, 0) is 20.8 Å². The fourth-order valence-electron chi connectivity index (χ4n) is 4.88. The molecule has 2 aromatic rings. The number of carboxylic acids is 1. The van der Waals surface area contributed by atoms with Crippen LogP contribution in [-0.4, -0.2) is 54.5 Å². The van der Waals surface area contributed by atoms with E-state index in [1.165, 1.54) is 12.0 Å². The average molecular weight is 518 g/mol. The van der Waals surface area contributed by atoms with Crippen molar-refractivity contribution in [3.05, 3.63) is 47.2 Å². The van der Waals surface area contributed by atoms with Crippen LogP contribution in [0.15, 0.2) is 24.3 Å². The van der Waals surface area contributed by atoms with Gasteiger partial charge in [0, 0.05) is 47.8 Å². The second-order valence-electron chi connectivity index (χ2n) is 10.3. The third kappa shape index (κ3) is 5.11. The molecule has 8 nitrogen and oxygen atoms in total. The molecule has 3 atom stereocenters. The molecule has 0 bridgehead atoms. The van der Waals surface area contributed by atoms with E-state index in [-0.39, 0.29) is 35.7 Å². The van der Waals surface area contributed by atoms with Gasteiger partial charge in [0.15, 0.2) is 0 Å². The predicted octanol–water partition coefficient (Wildman–Crippen LogP) is 3.09. The highest BCUT2D eigenvalue weighted by Gasteiger charge is 2.49. The molecule has 1 fully saturated rings. The third-order valence-corrected chi connectivity index (χ3v) is 8.63. The maximum absolute atomic E-state index is 14.8. The minimum atomic E-state index is -2.30. The Kier molecular flexibility index (Phi) is 6.87. The van der Waals surface area contributed by atoms with E-state index < -0.39 is 43.5 Å². The van der Waals surface area contributed by atoms with Gasteiger partial charge < -0.3 is 20.1 Å². The molecule has 1 saturated carbocycles. The summed E-state index contributed by atoms with van der Waals surface area (Å²) in [7, 11) is -0.829. The molecule has 2 aliphatic rings. The van der Waals surface area contributed by atoms with E-state index in [2.05, 4.69) is 10.3 Å². The standard InChI is InChI=1S/C25H29F2N3O5Si/c1-35-20-6-5-15-19(29-20)7-8-30(25(34)16-9-13(16)10-21(31)32)22(15)24(33)28-14-11-17(26)23(18(27)12-14)36(2,3)4/h5-6,11-13,16,22H,7-10H2,1-4H3,(H,28,33)(H,31,32)/t13?,16?,22-/m1/s1. The number of fused-ring (bicyclic) bond motifs is 1. The number of methoxy groups -OCH3 is 1. The lowest BCUT2D eigenvalue weighted by Crippen LogP contribution is -2.46. The van der Waals surface area contributed by atoms with Gasteiger partial charge in [-0.05, 0) is 30.5 Å². The number of hydrogen-bond acceptors (Lipinski definition) is 5. The number of carbonyl (C=O) groups is 3. The van der Waals surface area contributed by atoms with Gasteiger partial charge in [-0.15, -0.1) is 0 Å². The Bertz CT molecular complexity index is 1210. The molecule has 2 N–H and O–H groups in total. The van der Waals surface area contributed by atoms with Gasteiger partial charge in [0.2, 0.25) is 11.8 Å². The summed E-state index contributed by atoms with van der Waals surface area (Å²) in [5.74, 6) is -3.75. The number of rotatable bonds is 7. The van der Waals surface area contributed by atoms with Gasteiger partial charge >= 0.3 is 5.97 Å². The van der Waals surface area contributed by atoms with Crippen LogP contribution in [0.4, 0.5) is 14.5 Å². The smallest absolute Gasteiger partial charge is 0.303 e. The van der Waals surface area contributed by atoms with Crippen molar-refractivity contribution in [2.45, 2.75) is 44.9 Å². The molecule has 2 heterocycles. The van der Waals surface area contributed by atoms with Crippen LogP contribution in [0.5, 0.6) is 5.88 Å². The third-order valence-electron chi connectivity index (χ3n) is 6.66. The number of aromatic nitrogens is 1. The van der Waals surface area contributed by atoms with Gasteiger partial charge in [-0.3, -0.25) is 14.4 Å². The van der Waals surface area contributed by atoms with Gasteiger partial charge in [0.05, 0.1) is 20.9 Å². The van der Waals surface area contributed by atoms with Crippen molar-refractivity contribution in [1.29, 1.82) is 0 Å². The van der Waals surface area contributed by atoms with Gasteiger partial charge in [0.25, 0.3) is 5.91 Å².